The second kappa shape index (κ2) is 26.2. The van der Waals surface area contributed by atoms with E-state index >= 15 is 17.6 Å². The number of hydrogen-bond donors (Lipinski definition) is 0. The van der Waals surface area contributed by atoms with Crippen molar-refractivity contribution in [1.29, 1.82) is 0 Å². The van der Waals surface area contributed by atoms with E-state index < -0.39 is 74.3 Å². The Bertz CT molecular complexity index is 2600. The van der Waals surface area contributed by atoms with E-state index in [4.69, 9.17) is 18.9 Å². The Hall–Kier alpha value is -5.66. The zero-order chi connectivity index (χ0) is 49.3. The van der Waals surface area contributed by atoms with Crippen LogP contribution >= 0.6 is 0 Å². The van der Waals surface area contributed by atoms with E-state index in [1.807, 2.05) is 0 Å². The highest BCUT2D eigenvalue weighted by atomic mass is 19.2. The highest BCUT2D eigenvalue weighted by Crippen LogP contribution is 2.39. The molecule has 0 saturated carbocycles. The number of alkyl halides is 1. The smallest absolute Gasteiger partial charge is 0.201 e. The summed E-state index contributed by atoms with van der Waals surface area (Å²) in [6.07, 6.45) is 12.9. The zero-order valence-corrected chi connectivity index (χ0v) is 38.9. The van der Waals surface area contributed by atoms with Gasteiger partial charge in [0.1, 0.15) is 11.6 Å². The van der Waals surface area contributed by atoms with Gasteiger partial charge in [-0.3, -0.25) is 4.39 Å². The van der Waals surface area contributed by atoms with Crippen LogP contribution in [0.25, 0.3) is 43.8 Å². The molecule has 0 saturated heterocycles. The van der Waals surface area contributed by atoms with Gasteiger partial charge in [-0.1, -0.05) is 108 Å². The molecule has 6 rings (SSSR count). The number of unbranched alkanes of at least 4 members (excludes halogenated alkanes) is 8. The predicted octanol–water partition coefficient (Wildman–Crippen LogP) is 17.1. The highest BCUT2D eigenvalue weighted by molar-refractivity contribution is 5.91. The SMILES string of the molecule is CCOc1cc2ccc(-c3ccc(OCCCCCCCC(CC)CCCCCCCOc4ccc(-c5ccc6cc(OCC)c(F)c(F)c6c5F)c(F)c4F)c(F)c3)c(F)c2c(F)c1F.CF. The predicted molar refractivity (Wildman–Crippen MR) is 248 cm³/mol. The van der Waals surface area contributed by atoms with E-state index in [1.54, 1.807) is 13.8 Å². The molecule has 368 valence electrons. The van der Waals surface area contributed by atoms with E-state index in [0.29, 0.717) is 26.1 Å². The first kappa shape index (κ1) is 53.3. The summed E-state index contributed by atoms with van der Waals surface area (Å²) in [6, 6.07) is 14.1. The summed E-state index contributed by atoms with van der Waals surface area (Å²) in [5.74, 6) is -11.4. The molecule has 0 N–H and O–H groups in total. The van der Waals surface area contributed by atoms with Crippen molar-refractivity contribution in [3.05, 3.63) is 119 Å². The van der Waals surface area contributed by atoms with Crippen LogP contribution < -0.4 is 18.9 Å². The molecule has 0 radical (unpaired) electrons. The lowest BCUT2D eigenvalue weighted by molar-refractivity contribution is 0.284. The molecule has 1 unspecified atom stereocenters. The van der Waals surface area contributed by atoms with E-state index in [1.165, 1.54) is 48.5 Å². The standard InChI is InChI=1S/C53H55F9O4.CH3F/c1-4-32(17-13-9-7-11-15-27-65-40-25-21-33(29-39(40)54)36-22-19-34-30-42(63-5-2)50(59)52(61)44(34)46(36)55)18-14-10-8-12-16-28-66-41-26-24-38(48(57)49(41)58)37-23-20-35-31-43(64-6-3)51(60)53(62)45(35)47(37)56;1-2/h19-26,29-32H,4-18,27-28H2,1-3H3;1H3. The lowest BCUT2D eigenvalue weighted by Crippen LogP contribution is -2.03. The van der Waals surface area contributed by atoms with Crippen LogP contribution in [0, 0.1) is 58.3 Å². The van der Waals surface area contributed by atoms with E-state index in [-0.39, 0.29) is 64.7 Å². The van der Waals surface area contributed by atoms with Crippen LogP contribution in [-0.2, 0) is 0 Å². The minimum Gasteiger partial charge on any atom is -0.491 e. The van der Waals surface area contributed by atoms with Crippen molar-refractivity contribution in [3.63, 3.8) is 0 Å². The summed E-state index contributed by atoms with van der Waals surface area (Å²) < 4.78 is 165. The van der Waals surface area contributed by atoms with Gasteiger partial charge in [0, 0.05) is 16.7 Å². The third-order valence-electron chi connectivity index (χ3n) is 12.0. The number of hydrogen-bond acceptors (Lipinski definition) is 4. The second-order valence-corrected chi connectivity index (χ2v) is 16.4. The molecule has 0 aliphatic heterocycles. The molecule has 0 heterocycles. The third-order valence-corrected chi connectivity index (χ3v) is 12.0. The molecule has 14 heteroatoms. The molecule has 6 aromatic rings. The first-order chi connectivity index (χ1) is 32.9. The molecular weight excluding hydrogens is 903 g/mol. The maximum atomic E-state index is 15.4. The van der Waals surface area contributed by atoms with E-state index in [2.05, 4.69) is 6.92 Å². The van der Waals surface area contributed by atoms with Crippen LogP contribution in [0.15, 0.2) is 66.7 Å². The van der Waals surface area contributed by atoms with Crippen LogP contribution in [0.4, 0.5) is 43.9 Å². The molecule has 0 aliphatic carbocycles. The molecule has 0 fully saturated rings. The van der Waals surface area contributed by atoms with Crippen molar-refractivity contribution in [3.8, 4) is 45.3 Å². The normalized spacial score (nSPS) is 11.7. The Labute approximate surface area is 391 Å². The summed E-state index contributed by atoms with van der Waals surface area (Å²) >= 11 is 0. The fraction of sp³-hybridized carbons (Fsp3) is 0.407. The largest absolute Gasteiger partial charge is 0.491 e. The van der Waals surface area contributed by atoms with Crippen molar-refractivity contribution < 1.29 is 62.9 Å². The van der Waals surface area contributed by atoms with Gasteiger partial charge in [-0.15, -0.1) is 0 Å². The van der Waals surface area contributed by atoms with Gasteiger partial charge in [-0.2, -0.15) is 13.2 Å². The Balaban J connectivity index is 0.00000426. The number of fused-ring (bicyclic) bond motifs is 2. The van der Waals surface area contributed by atoms with Crippen molar-refractivity contribution in [2.24, 2.45) is 5.92 Å². The van der Waals surface area contributed by atoms with Crippen LogP contribution in [0.1, 0.15) is 104 Å². The molecule has 0 bridgehead atoms. The number of rotatable bonds is 25. The number of halogens is 10. The van der Waals surface area contributed by atoms with Gasteiger partial charge in [0.15, 0.2) is 46.3 Å². The molecule has 0 aromatic heterocycles. The van der Waals surface area contributed by atoms with Crippen molar-refractivity contribution >= 4 is 21.5 Å². The fourth-order valence-electron chi connectivity index (χ4n) is 8.35. The van der Waals surface area contributed by atoms with Gasteiger partial charge in [-0.25, -0.2) is 26.3 Å². The maximum absolute atomic E-state index is 15.4. The quantitative estimate of drug-likeness (QED) is 0.0423. The number of benzene rings is 6. The molecule has 4 nitrogen and oxygen atoms in total. The number of ether oxygens (including phenoxy) is 4. The van der Waals surface area contributed by atoms with Crippen molar-refractivity contribution in [2.75, 3.05) is 33.6 Å². The highest BCUT2D eigenvalue weighted by Gasteiger charge is 2.24. The summed E-state index contributed by atoms with van der Waals surface area (Å²) in [5, 5.41) is -1.07. The van der Waals surface area contributed by atoms with Crippen molar-refractivity contribution in [2.45, 2.75) is 104 Å². The van der Waals surface area contributed by atoms with E-state index in [9.17, 15) is 26.3 Å². The summed E-state index contributed by atoms with van der Waals surface area (Å²) in [4.78, 5) is 0. The molecule has 6 aromatic carbocycles. The first-order valence-electron chi connectivity index (χ1n) is 23.3. The molecule has 68 heavy (non-hydrogen) atoms. The molecule has 0 spiro atoms. The van der Waals surface area contributed by atoms with E-state index in [0.717, 1.165) is 95.2 Å². The Morgan fingerprint density at radius 2 is 0.809 bits per heavy atom. The average molecular weight is 961 g/mol. The summed E-state index contributed by atoms with van der Waals surface area (Å²) in [6.45, 7) is 6.09. The second-order valence-electron chi connectivity index (χ2n) is 16.4. The Morgan fingerprint density at radius 3 is 1.32 bits per heavy atom. The van der Waals surface area contributed by atoms with Gasteiger partial charge in [0.2, 0.25) is 17.5 Å². The molecular formula is C54H58F10O4. The minimum absolute atomic E-state index is 0.0131. The van der Waals surface area contributed by atoms with Crippen molar-refractivity contribution in [1.82, 2.24) is 0 Å². The minimum atomic E-state index is -1.48. The van der Waals surface area contributed by atoms with Gasteiger partial charge in [0.25, 0.3) is 0 Å². The summed E-state index contributed by atoms with van der Waals surface area (Å²) in [7, 11) is 0.500. The molecule has 0 aliphatic rings. The topological polar surface area (TPSA) is 36.9 Å². The summed E-state index contributed by atoms with van der Waals surface area (Å²) in [5.41, 5.74) is -0.762. The van der Waals surface area contributed by atoms with Crippen LogP contribution in [0.5, 0.6) is 23.0 Å². The van der Waals surface area contributed by atoms with Crippen LogP contribution in [-0.4, -0.2) is 33.6 Å². The fourth-order valence-corrected chi connectivity index (χ4v) is 8.35. The monoisotopic (exact) mass is 960 g/mol. The van der Waals surface area contributed by atoms with Gasteiger partial charge >= 0.3 is 0 Å². The molecule has 0 amide bonds. The molecule has 1 atom stereocenters. The van der Waals surface area contributed by atoms with Gasteiger partial charge in [-0.05, 0) is 85.3 Å². The third kappa shape index (κ3) is 12.9. The van der Waals surface area contributed by atoms with Crippen LogP contribution in [0.2, 0.25) is 0 Å². The first-order valence-corrected chi connectivity index (χ1v) is 23.3. The average Bonchev–Trinajstić information content (AvgIpc) is 3.33. The lowest BCUT2D eigenvalue weighted by atomic mass is 9.92. The van der Waals surface area contributed by atoms with Gasteiger partial charge in [0.05, 0.1) is 44.4 Å². The lowest BCUT2D eigenvalue weighted by Gasteiger charge is -2.15. The maximum Gasteiger partial charge on any atom is 0.201 e. The van der Waals surface area contributed by atoms with Crippen LogP contribution in [0.3, 0.4) is 0 Å². The zero-order valence-electron chi connectivity index (χ0n) is 38.9. The Kier molecular flexibility index (Phi) is 20.5. The Morgan fingerprint density at radius 1 is 0.382 bits per heavy atom. The van der Waals surface area contributed by atoms with Gasteiger partial charge < -0.3 is 18.9 Å².